The number of aromatic nitrogens is 3. The van der Waals surface area contributed by atoms with Gasteiger partial charge in [-0.1, -0.05) is 0 Å². The van der Waals surface area contributed by atoms with E-state index in [-0.39, 0.29) is 35.7 Å². The molecule has 3 aromatic rings. The SMILES string of the molecule is Cc1cncc(-n2c(=O)c(Cc3cc(F)c(F)c(F)c3)c(N3C[C@@H]4[C@H](C3)C4(F)F)n(CC#N)c2=O)c1. The quantitative estimate of drug-likeness (QED) is 0.395. The summed E-state index contributed by atoms with van der Waals surface area (Å²) in [4.78, 5) is 32.6. The predicted octanol–water partition coefficient (Wildman–Crippen LogP) is 2.94. The van der Waals surface area contributed by atoms with Crippen molar-refractivity contribution in [1.82, 2.24) is 14.1 Å². The van der Waals surface area contributed by atoms with Gasteiger partial charge in [0, 0.05) is 25.7 Å². The molecule has 2 aromatic heterocycles. The van der Waals surface area contributed by atoms with Crippen molar-refractivity contribution in [2.24, 2.45) is 11.8 Å². The van der Waals surface area contributed by atoms with E-state index in [0.29, 0.717) is 5.56 Å². The zero-order valence-electron chi connectivity index (χ0n) is 18.8. The van der Waals surface area contributed by atoms with Crippen LogP contribution < -0.4 is 16.1 Å². The molecule has 0 N–H and O–H groups in total. The van der Waals surface area contributed by atoms with Crippen molar-refractivity contribution in [2.75, 3.05) is 18.0 Å². The van der Waals surface area contributed by atoms with Gasteiger partial charge in [-0.25, -0.2) is 31.3 Å². The van der Waals surface area contributed by atoms with Crippen molar-refractivity contribution < 1.29 is 22.0 Å². The summed E-state index contributed by atoms with van der Waals surface area (Å²) in [7, 11) is 0. The molecule has 5 rings (SSSR count). The molecule has 2 atom stereocenters. The number of nitriles is 1. The smallest absolute Gasteiger partial charge is 0.338 e. The zero-order valence-corrected chi connectivity index (χ0v) is 18.8. The molecule has 186 valence electrons. The highest BCUT2D eigenvalue weighted by molar-refractivity contribution is 5.53. The Balaban J connectivity index is 1.75. The number of nitrogens with zero attached hydrogens (tertiary/aromatic N) is 5. The molecule has 1 aromatic carbocycles. The maximum absolute atomic E-state index is 13.9. The van der Waals surface area contributed by atoms with E-state index in [1.165, 1.54) is 23.4 Å². The number of aryl methyl sites for hydroxylation is 1. The van der Waals surface area contributed by atoms with Crippen molar-refractivity contribution >= 4 is 5.82 Å². The van der Waals surface area contributed by atoms with Crippen LogP contribution in [-0.2, 0) is 13.0 Å². The first-order valence-electron chi connectivity index (χ1n) is 11.0. The van der Waals surface area contributed by atoms with Gasteiger partial charge < -0.3 is 4.90 Å². The molecule has 2 fully saturated rings. The molecule has 1 aliphatic carbocycles. The summed E-state index contributed by atoms with van der Waals surface area (Å²) in [5, 5.41) is 9.43. The van der Waals surface area contributed by atoms with Crippen LogP contribution in [0, 0.1) is 47.5 Å². The summed E-state index contributed by atoms with van der Waals surface area (Å²) in [5.41, 5.74) is -1.31. The van der Waals surface area contributed by atoms with E-state index in [1.54, 1.807) is 6.92 Å². The van der Waals surface area contributed by atoms with Crippen LogP contribution in [0.25, 0.3) is 5.69 Å². The summed E-state index contributed by atoms with van der Waals surface area (Å²) in [5.74, 6) is -9.50. The number of pyridine rings is 1. The molecule has 12 heteroatoms. The lowest BCUT2D eigenvalue weighted by atomic mass is 10.0. The zero-order chi connectivity index (χ0) is 25.9. The van der Waals surface area contributed by atoms with Gasteiger partial charge in [0.25, 0.3) is 11.5 Å². The normalized spacial score (nSPS) is 19.8. The number of hydrogen-bond donors (Lipinski definition) is 0. The Labute approximate surface area is 200 Å². The standard InChI is InChI=1S/C24H18F5N5O2/c1-12-4-14(9-31-8-12)34-22(35)15(5-13-6-18(25)20(27)19(26)7-13)21(33(3-2-30)23(34)36)32-10-16-17(11-32)24(16,28)29/h4,6-9,16-17H,3,5,10-11H2,1H3/t16-,17+. The van der Waals surface area contributed by atoms with Crippen LogP contribution in [0.5, 0.6) is 0 Å². The van der Waals surface area contributed by atoms with E-state index < -0.39 is 59.4 Å². The Hall–Kier alpha value is -4.01. The number of benzene rings is 1. The number of alkyl halides is 2. The van der Waals surface area contributed by atoms with Crippen molar-refractivity contribution in [3.63, 3.8) is 0 Å². The first-order chi connectivity index (χ1) is 17.0. The van der Waals surface area contributed by atoms with E-state index in [2.05, 4.69) is 4.98 Å². The van der Waals surface area contributed by atoms with Crippen LogP contribution in [0.3, 0.4) is 0 Å². The fourth-order valence-corrected chi connectivity index (χ4v) is 4.91. The fourth-order valence-electron chi connectivity index (χ4n) is 4.91. The fraction of sp³-hybridized carbons (Fsp3) is 0.333. The second-order valence-corrected chi connectivity index (χ2v) is 9.03. The molecule has 0 amide bonds. The molecule has 0 spiro atoms. The molecular formula is C24H18F5N5O2. The Morgan fingerprint density at radius 2 is 1.72 bits per heavy atom. The minimum Gasteiger partial charge on any atom is -0.356 e. The van der Waals surface area contributed by atoms with Crippen LogP contribution in [-0.4, -0.2) is 33.1 Å². The van der Waals surface area contributed by atoms with Gasteiger partial charge in [-0.15, -0.1) is 0 Å². The minimum absolute atomic E-state index is 0.0726. The number of rotatable bonds is 5. The van der Waals surface area contributed by atoms with Gasteiger partial charge in [-0.3, -0.25) is 14.3 Å². The summed E-state index contributed by atoms with van der Waals surface area (Å²) in [6, 6.07) is 4.79. The molecule has 0 unspecified atom stereocenters. The molecule has 0 radical (unpaired) electrons. The number of fused-ring (bicyclic) bond motifs is 1. The first kappa shape index (κ1) is 23.7. The van der Waals surface area contributed by atoms with Gasteiger partial charge in [0.1, 0.15) is 12.4 Å². The number of anilines is 1. The largest absolute Gasteiger partial charge is 0.356 e. The molecule has 1 saturated carbocycles. The molecule has 2 aliphatic rings. The summed E-state index contributed by atoms with van der Waals surface area (Å²) in [6.45, 7) is 0.828. The van der Waals surface area contributed by atoms with Gasteiger partial charge in [0.15, 0.2) is 17.5 Å². The molecule has 0 bridgehead atoms. The lowest BCUT2D eigenvalue weighted by Crippen LogP contribution is -2.45. The van der Waals surface area contributed by atoms with Gasteiger partial charge in [0.2, 0.25) is 0 Å². The highest BCUT2D eigenvalue weighted by Gasteiger charge is 2.72. The Bertz CT molecular complexity index is 1520. The molecular weight excluding hydrogens is 485 g/mol. The van der Waals surface area contributed by atoms with Crippen molar-refractivity contribution in [2.45, 2.75) is 25.8 Å². The topological polar surface area (TPSA) is 83.9 Å². The molecule has 3 heterocycles. The highest BCUT2D eigenvalue weighted by atomic mass is 19.3. The molecule has 1 aliphatic heterocycles. The second kappa shape index (κ2) is 8.29. The van der Waals surface area contributed by atoms with Gasteiger partial charge in [-0.05, 0) is 36.2 Å². The van der Waals surface area contributed by atoms with Crippen LogP contribution >= 0.6 is 0 Å². The molecule has 36 heavy (non-hydrogen) atoms. The van der Waals surface area contributed by atoms with Gasteiger partial charge in [-0.2, -0.15) is 5.26 Å². The van der Waals surface area contributed by atoms with E-state index in [0.717, 1.165) is 21.3 Å². The van der Waals surface area contributed by atoms with Crippen LogP contribution in [0.1, 0.15) is 16.7 Å². The average molecular weight is 503 g/mol. The Morgan fingerprint density at radius 1 is 1.08 bits per heavy atom. The summed E-state index contributed by atoms with van der Waals surface area (Å²) >= 11 is 0. The van der Waals surface area contributed by atoms with Gasteiger partial charge >= 0.3 is 5.69 Å². The number of halogens is 5. The molecule has 1 saturated heterocycles. The third-order valence-corrected chi connectivity index (χ3v) is 6.68. The van der Waals surface area contributed by atoms with Crippen LogP contribution in [0.4, 0.5) is 27.8 Å². The summed E-state index contributed by atoms with van der Waals surface area (Å²) < 4.78 is 71.0. The predicted molar refractivity (Wildman–Crippen MR) is 118 cm³/mol. The van der Waals surface area contributed by atoms with Gasteiger partial charge in [0.05, 0.1) is 35.4 Å². The number of hydrogen-bond acceptors (Lipinski definition) is 5. The van der Waals surface area contributed by atoms with Crippen LogP contribution in [0.2, 0.25) is 0 Å². The van der Waals surface area contributed by atoms with E-state index in [4.69, 9.17) is 0 Å². The van der Waals surface area contributed by atoms with Crippen molar-refractivity contribution in [1.29, 1.82) is 5.26 Å². The van der Waals surface area contributed by atoms with E-state index in [1.807, 2.05) is 6.07 Å². The Kier molecular flexibility index (Phi) is 5.46. The Morgan fingerprint density at radius 3 is 2.31 bits per heavy atom. The van der Waals surface area contributed by atoms with E-state index >= 15 is 0 Å². The second-order valence-electron chi connectivity index (χ2n) is 9.03. The first-order valence-corrected chi connectivity index (χ1v) is 11.0. The van der Waals surface area contributed by atoms with E-state index in [9.17, 15) is 36.8 Å². The highest BCUT2D eigenvalue weighted by Crippen LogP contribution is 2.59. The lowest BCUT2D eigenvalue weighted by Gasteiger charge is -2.28. The number of piperidine rings is 1. The maximum Gasteiger partial charge on any atom is 0.338 e. The lowest BCUT2D eigenvalue weighted by molar-refractivity contribution is 0.0795. The maximum atomic E-state index is 13.9. The average Bonchev–Trinajstić information content (AvgIpc) is 3.13. The molecule has 7 nitrogen and oxygen atoms in total. The summed E-state index contributed by atoms with van der Waals surface area (Å²) in [6.07, 6.45) is 2.31. The third kappa shape index (κ3) is 3.66. The van der Waals surface area contributed by atoms with Crippen molar-refractivity contribution in [3.8, 4) is 11.8 Å². The monoisotopic (exact) mass is 503 g/mol. The van der Waals surface area contributed by atoms with Crippen molar-refractivity contribution in [3.05, 3.63) is 85.6 Å². The minimum atomic E-state index is -2.86. The third-order valence-electron chi connectivity index (χ3n) is 6.68. The van der Waals surface area contributed by atoms with Crippen LogP contribution in [0.15, 0.2) is 40.2 Å².